The standard InChI is InChI=1S/C37H44N4O2/c1-27-12-13-35-32(22-27)23-33(36(42)39-35)25-41(37(43)31-10-6-3-7-11-31)26-34(29-8-4-2-5-9-29)30-16-20-40(21-17-30)24-28-14-18-38-19-15-28/h2,4-5,8-9,12-15,18-19,22-23,30-31,34H,3,6-7,10-11,16-17,20-21,24-26H2,1H3,(H,39,42). The molecule has 1 saturated carbocycles. The molecule has 0 bridgehead atoms. The van der Waals surface area contributed by atoms with E-state index in [0.29, 0.717) is 24.6 Å². The van der Waals surface area contributed by atoms with Gasteiger partial charge in [-0.2, -0.15) is 0 Å². The number of aryl methyl sites for hydroxylation is 1. The van der Waals surface area contributed by atoms with E-state index in [1.807, 2.05) is 35.5 Å². The van der Waals surface area contributed by atoms with Crippen LogP contribution in [-0.2, 0) is 17.9 Å². The number of carbonyl (C=O) groups is 1. The van der Waals surface area contributed by atoms with Crippen LogP contribution in [0.25, 0.3) is 10.9 Å². The van der Waals surface area contributed by atoms with E-state index in [1.165, 1.54) is 17.5 Å². The number of aromatic amines is 1. The molecule has 1 unspecified atom stereocenters. The Morgan fingerprint density at radius 3 is 2.44 bits per heavy atom. The Hall–Kier alpha value is -3.77. The van der Waals surface area contributed by atoms with Crippen molar-refractivity contribution in [3.8, 4) is 0 Å². The monoisotopic (exact) mass is 576 g/mol. The first-order chi connectivity index (χ1) is 21.0. The number of nitrogens with zero attached hydrogens (tertiary/aromatic N) is 3. The smallest absolute Gasteiger partial charge is 0.253 e. The number of aromatic nitrogens is 2. The normalized spacial score (nSPS) is 17.6. The van der Waals surface area contributed by atoms with Gasteiger partial charge in [0.25, 0.3) is 5.56 Å². The van der Waals surface area contributed by atoms with E-state index < -0.39 is 0 Å². The van der Waals surface area contributed by atoms with Crippen molar-refractivity contribution in [1.29, 1.82) is 0 Å². The van der Waals surface area contributed by atoms with Crippen molar-refractivity contribution in [2.45, 2.75) is 70.9 Å². The van der Waals surface area contributed by atoms with Gasteiger partial charge in [0.2, 0.25) is 5.91 Å². The number of rotatable bonds is 9. The Balaban J connectivity index is 1.27. The molecule has 6 heteroatoms. The zero-order valence-corrected chi connectivity index (χ0v) is 25.4. The van der Waals surface area contributed by atoms with E-state index in [0.717, 1.165) is 74.6 Å². The lowest BCUT2D eigenvalue weighted by Gasteiger charge is -2.39. The molecule has 43 heavy (non-hydrogen) atoms. The molecular formula is C37H44N4O2. The summed E-state index contributed by atoms with van der Waals surface area (Å²) in [5.74, 6) is 0.961. The van der Waals surface area contributed by atoms with Gasteiger partial charge < -0.3 is 9.88 Å². The molecule has 1 aliphatic carbocycles. The third kappa shape index (κ3) is 7.24. The molecule has 1 aliphatic heterocycles. The number of pyridine rings is 2. The summed E-state index contributed by atoms with van der Waals surface area (Å²) in [7, 11) is 0. The molecule has 0 radical (unpaired) electrons. The first-order valence-corrected chi connectivity index (χ1v) is 16.1. The summed E-state index contributed by atoms with van der Waals surface area (Å²) in [6.45, 7) is 6.07. The Labute approximate surface area is 255 Å². The minimum absolute atomic E-state index is 0.0502. The van der Waals surface area contributed by atoms with Crippen LogP contribution >= 0.6 is 0 Å². The number of likely N-dealkylation sites (tertiary alicyclic amines) is 1. The van der Waals surface area contributed by atoms with Gasteiger partial charge >= 0.3 is 0 Å². The summed E-state index contributed by atoms with van der Waals surface area (Å²) in [4.78, 5) is 39.4. The average Bonchev–Trinajstić information content (AvgIpc) is 3.05. The second-order valence-corrected chi connectivity index (χ2v) is 12.8. The van der Waals surface area contributed by atoms with Crippen LogP contribution in [0.15, 0.2) is 83.9 Å². The van der Waals surface area contributed by atoms with E-state index in [1.54, 1.807) is 0 Å². The molecule has 0 spiro atoms. The van der Waals surface area contributed by atoms with Gasteiger partial charge in [-0.05, 0) is 98.5 Å². The molecule has 3 heterocycles. The van der Waals surface area contributed by atoms with E-state index in [2.05, 4.69) is 70.3 Å². The van der Waals surface area contributed by atoms with E-state index in [4.69, 9.17) is 0 Å². The van der Waals surface area contributed by atoms with E-state index in [9.17, 15) is 9.59 Å². The maximum absolute atomic E-state index is 14.2. The predicted molar refractivity (Wildman–Crippen MR) is 173 cm³/mol. The van der Waals surface area contributed by atoms with E-state index in [-0.39, 0.29) is 23.3 Å². The zero-order chi connectivity index (χ0) is 29.6. The fourth-order valence-corrected chi connectivity index (χ4v) is 7.26. The number of carbonyl (C=O) groups excluding carboxylic acids is 1. The molecular weight excluding hydrogens is 532 g/mol. The molecule has 1 N–H and O–H groups in total. The summed E-state index contributed by atoms with van der Waals surface area (Å²) < 4.78 is 0. The highest BCUT2D eigenvalue weighted by molar-refractivity contribution is 5.81. The molecule has 2 fully saturated rings. The number of fused-ring (bicyclic) bond motifs is 1. The van der Waals surface area contributed by atoms with E-state index >= 15 is 0 Å². The minimum Gasteiger partial charge on any atom is -0.337 e. The van der Waals surface area contributed by atoms with Crippen molar-refractivity contribution in [2.24, 2.45) is 11.8 Å². The lowest BCUT2D eigenvalue weighted by molar-refractivity contribution is -0.137. The number of amides is 1. The Morgan fingerprint density at radius 2 is 1.70 bits per heavy atom. The minimum atomic E-state index is -0.0986. The predicted octanol–water partition coefficient (Wildman–Crippen LogP) is 6.84. The lowest BCUT2D eigenvalue weighted by Crippen LogP contribution is -2.43. The van der Waals surface area contributed by atoms with Gasteiger partial charge in [-0.25, -0.2) is 0 Å². The highest BCUT2D eigenvalue weighted by atomic mass is 16.2. The van der Waals surface area contributed by atoms with Crippen molar-refractivity contribution >= 4 is 16.8 Å². The number of benzene rings is 2. The maximum atomic E-state index is 14.2. The van der Waals surface area contributed by atoms with Crippen LogP contribution < -0.4 is 5.56 Å². The van der Waals surface area contributed by atoms with Crippen LogP contribution in [0, 0.1) is 18.8 Å². The van der Waals surface area contributed by atoms with Crippen LogP contribution in [0.5, 0.6) is 0 Å². The van der Waals surface area contributed by atoms with Crippen LogP contribution in [0.2, 0.25) is 0 Å². The molecule has 2 aliphatic rings. The third-order valence-electron chi connectivity index (χ3n) is 9.71. The summed E-state index contributed by atoms with van der Waals surface area (Å²) in [6.07, 6.45) is 11.2. The fraction of sp³-hybridized carbons (Fsp3) is 0.432. The number of piperidine rings is 1. The summed E-state index contributed by atoms with van der Waals surface area (Å²) in [5, 5.41) is 1.01. The van der Waals surface area contributed by atoms with Crippen molar-refractivity contribution < 1.29 is 4.79 Å². The van der Waals surface area contributed by atoms with Crippen LogP contribution in [0.1, 0.15) is 73.1 Å². The molecule has 1 amide bonds. The van der Waals surface area contributed by atoms with Crippen molar-refractivity contribution in [1.82, 2.24) is 19.8 Å². The van der Waals surface area contributed by atoms with Gasteiger partial charge in [0.15, 0.2) is 0 Å². The molecule has 1 saturated heterocycles. The number of hydrogen-bond acceptors (Lipinski definition) is 4. The van der Waals surface area contributed by atoms with Crippen molar-refractivity contribution in [3.05, 3.63) is 112 Å². The van der Waals surface area contributed by atoms with Gasteiger partial charge in [-0.3, -0.25) is 19.5 Å². The van der Waals surface area contributed by atoms with Crippen LogP contribution in [0.3, 0.4) is 0 Å². The Morgan fingerprint density at radius 1 is 0.953 bits per heavy atom. The second-order valence-electron chi connectivity index (χ2n) is 12.8. The molecule has 2 aromatic carbocycles. The average molecular weight is 577 g/mol. The fourth-order valence-electron chi connectivity index (χ4n) is 7.26. The maximum Gasteiger partial charge on any atom is 0.253 e. The molecule has 6 nitrogen and oxygen atoms in total. The Bertz CT molecular complexity index is 1550. The SMILES string of the molecule is Cc1ccc2[nH]c(=O)c(CN(CC(c3ccccc3)C3CCN(Cc4ccncc4)CC3)C(=O)C3CCCCC3)cc2c1. The molecule has 6 rings (SSSR count). The van der Waals surface area contributed by atoms with Crippen LogP contribution in [-0.4, -0.2) is 45.3 Å². The quantitative estimate of drug-likeness (QED) is 0.237. The van der Waals surface area contributed by atoms with Gasteiger partial charge in [-0.15, -0.1) is 0 Å². The van der Waals surface area contributed by atoms with Crippen molar-refractivity contribution in [3.63, 3.8) is 0 Å². The molecule has 224 valence electrons. The highest BCUT2D eigenvalue weighted by Gasteiger charge is 2.33. The largest absolute Gasteiger partial charge is 0.337 e. The summed E-state index contributed by atoms with van der Waals surface area (Å²) in [6, 6.07) is 23.0. The molecule has 4 aromatic rings. The molecule has 2 aromatic heterocycles. The first-order valence-electron chi connectivity index (χ1n) is 16.1. The lowest BCUT2D eigenvalue weighted by atomic mass is 9.79. The van der Waals surface area contributed by atoms with Gasteiger partial charge in [-0.1, -0.05) is 61.2 Å². The summed E-state index contributed by atoms with van der Waals surface area (Å²) >= 11 is 0. The van der Waals surface area contributed by atoms with Crippen molar-refractivity contribution in [2.75, 3.05) is 19.6 Å². The number of H-pyrrole nitrogens is 1. The molecule has 1 atom stereocenters. The second kappa shape index (κ2) is 13.7. The van der Waals surface area contributed by atoms with Gasteiger partial charge in [0.05, 0.1) is 6.54 Å². The van der Waals surface area contributed by atoms with Gasteiger partial charge in [0.1, 0.15) is 0 Å². The van der Waals surface area contributed by atoms with Gasteiger partial charge in [0, 0.05) is 48.4 Å². The Kier molecular flexibility index (Phi) is 9.33. The highest BCUT2D eigenvalue weighted by Crippen LogP contribution is 2.35. The first kappa shape index (κ1) is 29.3. The van der Waals surface area contributed by atoms with Crippen LogP contribution in [0.4, 0.5) is 0 Å². The number of hydrogen-bond donors (Lipinski definition) is 1. The third-order valence-corrected chi connectivity index (χ3v) is 9.71. The summed E-state index contributed by atoms with van der Waals surface area (Å²) in [5.41, 5.74) is 5.15. The zero-order valence-electron chi connectivity index (χ0n) is 25.4. The number of nitrogens with one attached hydrogen (secondary N) is 1. The topological polar surface area (TPSA) is 69.3 Å².